The van der Waals surface area contributed by atoms with Crippen LogP contribution >= 0.6 is 24.8 Å². The molecule has 0 radical (unpaired) electrons. The van der Waals surface area contributed by atoms with Crippen LogP contribution in [0.25, 0.3) is 0 Å². The van der Waals surface area contributed by atoms with E-state index in [1.165, 1.54) is 33.4 Å². The van der Waals surface area contributed by atoms with E-state index in [1.807, 2.05) is 0 Å². The molecule has 0 aliphatic heterocycles. The number of hydrogen-bond acceptors (Lipinski definition) is 0. The number of allylic oxidation sites excluding steroid dienone is 8. The van der Waals surface area contributed by atoms with Gasteiger partial charge in [-0.1, -0.05) is 66.2 Å². The smallest absolute Gasteiger partial charge is 0.263 e. The van der Waals surface area contributed by atoms with Gasteiger partial charge < -0.3 is 0 Å². The van der Waals surface area contributed by atoms with E-state index < -0.39 is 0 Å². The van der Waals surface area contributed by atoms with Crippen molar-refractivity contribution in [2.45, 2.75) is 69.2 Å². The standard InChI is InChI=1S/2C10H15.2ClH.Th/c2*1-7-6-10(4,5)9(3)8(7)2;;;/h2*1-5H3;2*1H;/q2*-1;;;+2. The van der Waals surface area contributed by atoms with Crippen LogP contribution in [0.4, 0.5) is 0 Å². The van der Waals surface area contributed by atoms with Gasteiger partial charge in [0.25, 0.3) is 0 Å². The monoisotopic (exact) mass is 574 g/mol. The third-order valence-electron chi connectivity index (χ3n) is 5.12. The average Bonchev–Trinajstić information content (AvgIpc) is 2.60. The zero-order chi connectivity index (χ0) is 15.9. The van der Waals surface area contributed by atoms with Gasteiger partial charge >= 0.3 is 39.9 Å². The molecule has 2 aliphatic rings. The Labute approximate surface area is 188 Å². The second-order valence-electron chi connectivity index (χ2n) is 7.25. The summed E-state index contributed by atoms with van der Waals surface area (Å²) in [5.74, 6) is 0. The number of rotatable bonds is 0. The summed E-state index contributed by atoms with van der Waals surface area (Å²) in [5, 5.41) is 0. The molecule has 0 bridgehead atoms. The van der Waals surface area contributed by atoms with Crippen molar-refractivity contribution in [1.29, 1.82) is 0 Å². The summed E-state index contributed by atoms with van der Waals surface area (Å²) in [6, 6.07) is 0. The van der Waals surface area contributed by atoms with E-state index in [2.05, 4.69) is 81.4 Å². The van der Waals surface area contributed by atoms with Crippen molar-refractivity contribution < 1.29 is 39.9 Å². The Balaban J connectivity index is -0.000000308. The minimum absolute atomic E-state index is 0. The predicted octanol–water partition coefficient (Wildman–Crippen LogP) is 7.07. The molecule has 0 nitrogen and oxygen atoms in total. The molecular formula is C20H32Cl2Th. The van der Waals surface area contributed by atoms with Crippen molar-refractivity contribution in [3.05, 3.63) is 45.6 Å². The molecule has 3 heteroatoms. The van der Waals surface area contributed by atoms with Gasteiger partial charge in [0.2, 0.25) is 0 Å². The maximum absolute atomic E-state index is 3.44. The Kier molecular flexibility index (Phi) is 12.6. The Bertz CT molecular complexity index is 494. The van der Waals surface area contributed by atoms with Crippen LogP contribution in [0.3, 0.4) is 0 Å². The quantitative estimate of drug-likeness (QED) is 0.271. The largest absolute Gasteiger partial charge is 2.00 e. The molecule has 0 saturated heterocycles. The minimum Gasteiger partial charge on any atom is -0.263 e. The molecule has 0 fully saturated rings. The zero-order valence-corrected chi connectivity index (χ0v) is 22.1. The van der Waals surface area contributed by atoms with Gasteiger partial charge in [-0.25, -0.2) is 11.1 Å². The normalized spacial score (nSPS) is 20.4. The fourth-order valence-electron chi connectivity index (χ4n) is 2.81. The second kappa shape index (κ2) is 10.1. The molecule has 0 aromatic heterocycles. The molecule has 2 rings (SSSR count). The molecule has 130 valence electrons. The fraction of sp³-hybridized carbons (Fsp3) is 0.600. The van der Waals surface area contributed by atoms with Crippen molar-refractivity contribution in [2.75, 3.05) is 0 Å². The van der Waals surface area contributed by atoms with Crippen LogP contribution in [0.2, 0.25) is 0 Å². The molecule has 0 amide bonds. The van der Waals surface area contributed by atoms with Crippen LogP contribution in [0.1, 0.15) is 69.2 Å². The Hall–Kier alpha value is 0.865. The molecule has 0 aromatic rings. The summed E-state index contributed by atoms with van der Waals surface area (Å²) in [6.07, 6.45) is 6.87. The SMILES string of the molecule is CC1=[C-]C(C)(C)C(C)=C1C.CC1=[C-]C(C)(C)C(C)=C1C.Cl.Cl.[Th+2]. The summed E-state index contributed by atoms with van der Waals surface area (Å²) in [7, 11) is 0. The van der Waals surface area contributed by atoms with Crippen LogP contribution in [-0.2, 0) is 0 Å². The van der Waals surface area contributed by atoms with Gasteiger partial charge in [-0.2, -0.15) is 22.3 Å². The number of halogens is 2. The Morgan fingerprint density at radius 3 is 0.826 bits per heavy atom. The van der Waals surface area contributed by atoms with Gasteiger partial charge in [0, 0.05) is 0 Å². The van der Waals surface area contributed by atoms with E-state index in [-0.39, 0.29) is 75.6 Å². The zero-order valence-electron chi connectivity index (χ0n) is 16.3. The van der Waals surface area contributed by atoms with Crippen molar-refractivity contribution in [2.24, 2.45) is 10.8 Å². The minimum atomic E-state index is 0. The van der Waals surface area contributed by atoms with Crippen LogP contribution < -0.4 is 0 Å². The van der Waals surface area contributed by atoms with Gasteiger partial charge in [-0.3, -0.25) is 12.2 Å². The molecule has 2 aliphatic carbocycles. The first kappa shape index (κ1) is 28.7. The van der Waals surface area contributed by atoms with E-state index in [1.54, 1.807) is 0 Å². The molecular weight excluding hydrogens is 543 g/mol. The van der Waals surface area contributed by atoms with E-state index in [0.29, 0.717) is 0 Å². The van der Waals surface area contributed by atoms with Crippen molar-refractivity contribution >= 4 is 24.8 Å². The summed E-state index contributed by atoms with van der Waals surface area (Å²) in [4.78, 5) is 0. The van der Waals surface area contributed by atoms with Crippen molar-refractivity contribution in [3.63, 3.8) is 0 Å². The van der Waals surface area contributed by atoms with Crippen LogP contribution in [0, 0.1) is 62.9 Å². The van der Waals surface area contributed by atoms with Gasteiger partial charge in [0.1, 0.15) is 0 Å². The molecule has 0 aromatic carbocycles. The molecule has 0 atom stereocenters. The van der Waals surface area contributed by atoms with E-state index in [0.717, 1.165) is 0 Å². The van der Waals surface area contributed by atoms with E-state index in [4.69, 9.17) is 0 Å². The first-order valence-corrected chi connectivity index (χ1v) is 7.50. The predicted molar refractivity (Wildman–Crippen MR) is 104 cm³/mol. The molecule has 0 N–H and O–H groups in total. The van der Waals surface area contributed by atoms with Crippen LogP contribution in [-0.4, -0.2) is 0 Å². The Morgan fingerprint density at radius 2 is 0.783 bits per heavy atom. The third-order valence-corrected chi connectivity index (χ3v) is 5.12. The molecule has 0 heterocycles. The molecule has 23 heavy (non-hydrogen) atoms. The first-order chi connectivity index (χ1) is 8.90. The maximum atomic E-state index is 3.44. The molecule has 0 unspecified atom stereocenters. The topological polar surface area (TPSA) is 0 Å². The van der Waals surface area contributed by atoms with E-state index >= 15 is 0 Å². The summed E-state index contributed by atoms with van der Waals surface area (Å²) < 4.78 is 0. The van der Waals surface area contributed by atoms with Gasteiger partial charge in [-0.15, -0.1) is 38.7 Å². The van der Waals surface area contributed by atoms with Gasteiger partial charge in [0.05, 0.1) is 0 Å². The second-order valence-corrected chi connectivity index (χ2v) is 7.25. The maximum Gasteiger partial charge on any atom is 2.00 e. The summed E-state index contributed by atoms with van der Waals surface area (Å²) in [6.45, 7) is 21.8. The summed E-state index contributed by atoms with van der Waals surface area (Å²) >= 11 is 0. The van der Waals surface area contributed by atoms with Crippen molar-refractivity contribution in [3.8, 4) is 0 Å². The third kappa shape index (κ3) is 6.59. The van der Waals surface area contributed by atoms with E-state index in [9.17, 15) is 0 Å². The molecule has 0 spiro atoms. The fourth-order valence-corrected chi connectivity index (χ4v) is 2.81. The van der Waals surface area contributed by atoms with Gasteiger partial charge in [0.15, 0.2) is 0 Å². The van der Waals surface area contributed by atoms with Crippen LogP contribution in [0.5, 0.6) is 0 Å². The number of hydrogen-bond donors (Lipinski definition) is 0. The molecule has 0 saturated carbocycles. The van der Waals surface area contributed by atoms with Crippen LogP contribution in [0.15, 0.2) is 33.4 Å². The van der Waals surface area contributed by atoms with Crippen molar-refractivity contribution in [1.82, 2.24) is 0 Å². The van der Waals surface area contributed by atoms with Gasteiger partial charge in [-0.05, 0) is 0 Å². The average molecular weight is 575 g/mol. The first-order valence-electron chi connectivity index (χ1n) is 7.50. The Morgan fingerprint density at radius 1 is 0.565 bits per heavy atom. The summed E-state index contributed by atoms with van der Waals surface area (Å²) in [5.41, 5.74) is 8.79.